The van der Waals surface area contributed by atoms with Gasteiger partial charge in [-0.3, -0.25) is 13.9 Å². The minimum Gasteiger partial charge on any atom is -0.352 e. The van der Waals surface area contributed by atoms with E-state index in [1.807, 2.05) is 64.1 Å². The van der Waals surface area contributed by atoms with Crippen LogP contribution in [0.2, 0.25) is 0 Å². The molecule has 0 spiro atoms. The Hall–Kier alpha value is -2.87. The summed E-state index contributed by atoms with van der Waals surface area (Å²) in [5.74, 6) is -0.390. The molecule has 0 aliphatic rings. The first-order valence-corrected chi connectivity index (χ1v) is 13.9. The quantitative estimate of drug-likeness (QED) is 0.500. The second kappa shape index (κ2) is 12.2. The van der Waals surface area contributed by atoms with Crippen LogP contribution in [0.1, 0.15) is 63.6 Å². The fraction of sp³-hybridized carbons (Fsp3) is 0.481. The van der Waals surface area contributed by atoms with Crippen molar-refractivity contribution >= 4 is 27.5 Å². The summed E-state index contributed by atoms with van der Waals surface area (Å²) in [5, 5.41) is 2.89. The summed E-state index contributed by atoms with van der Waals surface area (Å²) in [6, 6.07) is 14.1. The molecule has 7 nitrogen and oxygen atoms in total. The van der Waals surface area contributed by atoms with Gasteiger partial charge in [0.15, 0.2) is 0 Å². The molecule has 0 saturated heterocycles. The number of nitrogens with one attached hydrogen (secondary N) is 1. The van der Waals surface area contributed by atoms with Crippen LogP contribution in [0.15, 0.2) is 48.5 Å². The largest absolute Gasteiger partial charge is 0.352 e. The van der Waals surface area contributed by atoms with Gasteiger partial charge in [0, 0.05) is 12.6 Å². The van der Waals surface area contributed by atoms with Crippen molar-refractivity contribution in [3.63, 3.8) is 0 Å². The van der Waals surface area contributed by atoms with E-state index in [0.717, 1.165) is 27.3 Å². The highest BCUT2D eigenvalue weighted by Crippen LogP contribution is 2.23. The topological polar surface area (TPSA) is 86.8 Å². The molecule has 0 aromatic heterocycles. The van der Waals surface area contributed by atoms with Crippen LogP contribution >= 0.6 is 0 Å². The Morgan fingerprint density at radius 2 is 1.63 bits per heavy atom. The molecule has 0 fully saturated rings. The average Bonchev–Trinajstić information content (AvgIpc) is 2.76. The van der Waals surface area contributed by atoms with Gasteiger partial charge >= 0.3 is 0 Å². The molecule has 0 saturated carbocycles. The summed E-state index contributed by atoms with van der Waals surface area (Å²) < 4.78 is 26.5. The number of sulfonamides is 1. The lowest BCUT2D eigenvalue weighted by atomic mass is 10.0. The molecule has 0 unspecified atom stereocenters. The number of carbonyl (C=O) groups excluding carboxylic acids is 2. The fourth-order valence-electron chi connectivity index (χ4n) is 3.95. The lowest BCUT2D eigenvalue weighted by Crippen LogP contribution is -2.53. The molecule has 2 amide bonds. The van der Waals surface area contributed by atoms with Crippen molar-refractivity contribution < 1.29 is 18.0 Å². The molecule has 0 aliphatic heterocycles. The van der Waals surface area contributed by atoms with Gasteiger partial charge in [0.2, 0.25) is 21.8 Å². The monoisotopic (exact) mass is 501 g/mol. The van der Waals surface area contributed by atoms with Crippen LogP contribution in [-0.2, 0) is 26.2 Å². The Morgan fingerprint density at radius 1 is 1.00 bits per heavy atom. The zero-order chi connectivity index (χ0) is 26.3. The van der Waals surface area contributed by atoms with Crippen LogP contribution < -0.4 is 9.62 Å². The smallest absolute Gasteiger partial charge is 0.244 e. The second-order valence-corrected chi connectivity index (χ2v) is 11.5. The van der Waals surface area contributed by atoms with Crippen molar-refractivity contribution in [1.29, 1.82) is 0 Å². The second-order valence-electron chi connectivity index (χ2n) is 9.61. The predicted molar refractivity (Wildman–Crippen MR) is 142 cm³/mol. The molecular formula is C27H39N3O4S. The van der Waals surface area contributed by atoms with Crippen molar-refractivity contribution in [2.24, 2.45) is 0 Å². The van der Waals surface area contributed by atoms with Crippen molar-refractivity contribution in [1.82, 2.24) is 10.2 Å². The van der Waals surface area contributed by atoms with Gasteiger partial charge < -0.3 is 10.2 Å². The Balaban J connectivity index is 2.44. The highest BCUT2D eigenvalue weighted by molar-refractivity contribution is 7.92. The van der Waals surface area contributed by atoms with Crippen molar-refractivity contribution in [2.45, 2.75) is 72.5 Å². The minimum absolute atomic E-state index is 0.0838. The first-order valence-electron chi connectivity index (χ1n) is 12.1. The summed E-state index contributed by atoms with van der Waals surface area (Å²) >= 11 is 0. The van der Waals surface area contributed by atoms with E-state index in [0.29, 0.717) is 18.0 Å². The number of amides is 2. The summed E-state index contributed by atoms with van der Waals surface area (Å²) in [4.78, 5) is 28.2. The predicted octanol–water partition coefficient (Wildman–Crippen LogP) is 4.22. The summed E-state index contributed by atoms with van der Waals surface area (Å²) in [7, 11) is -3.75. The Morgan fingerprint density at radius 3 is 2.11 bits per heavy atom. The lowest BCUT2D eigenvalue weighted by molar-refractivity contribution is -0.140. The van der Waals surface area contributed by atoms with Gasteiger partial charge in [-0.05, 0) is 56.4 Å². The molecule has 2 aromatic carbocycles. The molecule has 0 radical (unpaired) electrons. The van der Waals surface area contributed by atoms with Gasteiger partial charge in [-0.15, -0.1) is 0 Å². The van der Waals surface area contributed by atoms with Gasteiger partial charge in [0.25, 0.3) is 0 Å². The Labute approximate surface area is 210 Å². The van der Waals surface area contributed by atoms with E-state index in [-0.39, 0.29) is 18.5 Å². The van der Waals surface area contributed by atoms with Crippen molar-refractivity contribution in [3.05, 3.63) is 65.2 Å². The van der Waals surface area contributed by atoms with Crippen LogP contribution in [0.3, 0.4) is 0 Å². The average molecular weight is 502 g/mol. The first-order chi connectivity index (χ1) is 16.3. The van der Waals surface area contributed by atoms with E-state index in [1.165, 1.54) is 4.90 Å². The third-order valence-corrected chi connectivity index (χ3v) is 6.92. The molecule has 0 aliphatic carbocycles. The van der Waals surface area contributed by atoms with Crippen LogP contribution in [0.25, 0.3) is 0 Å². The molecule has 35 heavy (non-hydrogen) atoms. The van der Waals surface area contributed by atoms with Crippen LogP contribution in [0.4, 0.5) is 5.69 Å². The van der Waals surface area contributed by atoms with Gasteiger partial charge in [-0.1, -0.05) is 62.7 Å². The standard InChI is InChI=1S/C27H39N3O4S/c1-8-25(27(32)28-20(4)5)29(17-22-11-9-10-21(6)16-22)26(31)18-30(35(7,33)34)24-14-12-23(13-15-24)19(2)3/h9-16,19-20,25H,8,17-18H2,1-7H3,(H,28,32)/t25-/m1/s1. The van der Waals surface area contributed by atoms with Gasteiger partial charge in [-0.25, -0.2) is 8.42 Å². The highest BCUT2D eigenvalue weighted by atomic mass is 32.2. The summed E-state index contributed by atoms with van der Waals surface area (Å²) in [5.41, 5.74) is 3.41. The lowest BCUT2D eigenvalue weighted by Gasteiger charge is -2.33. The molecule has 8 heteroatoms. The molecule has 192 valence electrons. The number of hydrogen-bond donors (Lipinski definition) is 1. The van der Waals surface area contributed by atoms with Crippen LogP contribution in [0, 0.1) is 6.92 Å². The van der Waals surface area contributed by atoms with Gasteiger partial charge in [-0.2, -0.15) is 0 Å². The maximum absolute atomic E-state index is 13.7. The zero-order valence-electron chi connectivity index (χ0n) is 21.9. The number of hydrogen-bond acceptors (Lipinski definition) is 4. The first kappa shape index (κ1) is 28.4. The molecule has 2 aromatic rings. The maximum atomic E-state index is 13.7. The molecule has 2 rings (SSSR count). The molecule has 1 atom stereocenters. The third-order valence-electron chi connectivity index (χ3n) is 5.78. The number of nitrogens with zero attached hydrogens (tertiary/aromatic N) is 2. The number of aryl methyl sites for hydroxylation is 1. The normalized spacial score (nSPS) is 12.5. The van der Waals surface area contributed by atoms with E-state index in [2.05, 4.69) is 19.2 Å². The third kappa shape index (κ3) is 8.09. The summed E-state index contributed by atoms with van der Waals surface area (Å²) in [6.07, 6.45) is 1.49. The maximum Gasteiger partial charge on any atom is 0.244 e. The fourth-order valence-corrected chi connectivity index (χ4v) is 4.80. The number of anilines is 1. The highest BCUT2D eigenvalue weighted by Gasteiger charge is 2.32. The molecular weight excluding hydrogens is 462 g/mol. The van der Waals surface area contributed by atoms with Crippen LogP contribution in [0.5, 0.6) is 0 Å². The van der Waals surface area contributed by atoms with E-state index in [9.17, 15) is 18.0 Å². The van der Waals surface area contributed by atoms with Crippen LogP contribution in [-0.4, -0.2) is 50.0 Å². The minimum atomic E-state index is -3.75. The SMILES string of the molecule is CC[C@H](C(=O)NC(C)C)N(Cc1cccc(C)c1)C(=O)CN(c1ccc(C(C)C)cc1)S(C)(=O)=O. The molecule has 1 N–H and O–H groups in total. The Kier molecular flexibility index (Phi) is 9.89. The van der Waals surface area contributed by atoms with E-state index in [4.69, 9.17) is 0 Å². The Bertz CT molecular complexity index is 1110. The number of carbonyl (C=O) groups is 2. The number of rotatable bonds is 11. The number of benzene rings is 2. The zero-order valence-corrected chi connectivity index (χ0v) is 22.7. The van der Waals surface area contributed by atoms with E-state index in [1.54, 1.807) is 12.1 Å². The van der Waals surface area contributed by atoms with E-state index >= 15 is 0 Å². The van der Waals surface area contributed by atoms with Crippen molar-refractivity contribution in [3.8, 4) is 0 Å². The van der Waals surface area contributed by atoms with Gasteiger partial charge in [0.1, 0.15) is 12.6 Å². The molecule has 0 heterocycles. The van der Waals surface area contributed by atoms with E-state index < -0.39 is 28.5 Å². The molecule has 0 bridgehead atoms. The summed E-state index contributed by atoms with van der Waals surface area (Å²) in [6.45, 7) is 11.5. The van der Waals surface area contributed by atoms with Gasteiger partial charge in [0.05, 0.1) is 11.9 Å². The van der Waals surface area contributed by atoms with Crippen molar-refractivity contribution in [2.75, 3.05) is 17.1 Å².